The Kier molecular flexibility index (Phi) is 19.8. The zero-order valence-electron chi connectivity index (χ0n) is 31.7. The van der Waals surface area contributed by atoms with Gasteiger partial charge in [-0.1, -0.05) is 24.6 Å². The first-order valence-corrected chi connectivity index (χ1v) is 19.1. The van der Waals surface area contributed by atoms with Crippen molar-refractivity contribution < 1.29 is 44.2 Å². The molecule has 0 unspecified atom stereocenters. The molecule has 0 spiro atoms. The highest BCUT2D eigenvalue weighted by atomic mass is 16.5. The molecule has 0 saturated heterocycles. The van der Waals surface area contributed by atoms with Gasteiger partial charge in [0.1, 0.15) is 18.0 Å². The van der Waals surface area contributed by atoms with Crippen molar-refractivity contribution in [2.24, 2.45) is 4.99 Å². The number of aromatic amines is 2. The Labute approximate surface area is 327 Å². The van der Waals surface area contributed by atoms with Crippen LogP contribution in [0.25, 0.3) is 23.5 Å². The molecule has 0 saturated carbocycles. The second-order valence-corrected chi connectivity index (χ2v) is 13.1. The lowest BCUT2D eigenvalue weighted by atomic mass is 10.1. The third kappa shape index (κ3) is 16.9. The average Bonchev–Trinajstić information content (AvgIpc) is 4.01. The zero-order chi connectivity index (χ0) is 39.8. The number of aliphatic hydroxyl groups excluding tert-OH is 4. The predicted molar refractivity (Wildman–Crippen MR) is 215 cm³/mol. The van der Waals surface area contributed by atoms with Crippen LogP contribution in [0.15, 0.2) is 83.6 Å². The molecule has 3 atom stereocenters. The second kappa shape index (κ2) is 25.3. The first-order chi connectivity index (χ1) is 27.3. The molecule has 0 bridgehead atoms. The lowest BCUT2D eigenvalue weighted by molar-refractivity contribution is -0.123. The number of nitrogens with zero attached hydrogens (tertiary/aromatic N) is 1. The summed E-state index contributed by atoms with van der Waals surface area (Å²) in [6.07, 6.45) is 10.8. The van der Waals surface area contributed by atoms with Gasteiger partial charge in [0, 0.05) is 37.9 Å². The van der Waals surface area contributed by atoms with Gasteiger partial charge in [-0.15, -0.1) is 0 Å². The number of amides is 2. The number of aromatic nitrogens is 2. The minimum Gasteiger partial charge on any atom is -0.484 e. The Hall–Kier alpha value is -4.87. The maximum Gasteiger partial charge on any atom is 0.257 e. The van der Waals surface area contributed by atoms with Crippen LogP contribution in [-0.4, -0.2) is 132 Å². The molecular weight excluding hydrogens is 720 g/mol. The molecule has 1 aliphatic heterocycles. The average molecular weight is 777 g/mol. The molecule has 4 rings (SSSR count). The van der Waals surface area contributed by atoms with Crippen molar-refractivity contribution in [3.63, 3.8) is 0 Å². The molecule has 0 fully saturated rings. The van der Waals surface area contributed by atoms with Crippen LogP contribution in [-0.2, 0) is 19.1 Å². The van der Waals surface area contributed by atoms with E-state index in [2.05, 4.69) is 30.9 Å². The van der Waals surface area contributed by atoms with Crippen molar-refractivity contribution >= 4 is 29.7 Å². The molecule has 3 aromatic rings. The number of allylic oxidation sites excluding steroid dienone is 3. The first-order valence-electron chi connectivity index (χ1n) is 19.1. The van der Waals surface area contributed by atoms with Gasteiger partial charge in [-0.25, -0.2) is 4.99 Å². The van der Waals surface area contributed by atoms with Crippen LogP contribution in [0.1, 0.15) is 43.4 Å². The monoisotopic (exact) mass is 776 g/mol. The van der Waals surface area contributed by atoms with E-state index in [0.29, 0.717) is 64.8 Å². The number of rotatable bonds is 28. The van der Waals surface area contributed by atoms with Gasteiger partial charge in [0.15, 0.2) is 6.61 Å². The van der Waals surface area contributed by atoms with E-state index in [-0.39, 0.29) is 24.8 Å². The number of ether oxygens (including phenoxy) is 3. The van der Waals surface area contributed by atoms with Gasteiger partial charge >= 0.3 is 0 Å². The van der Waals surface area contributed by atoms with Crippen LogP contribution in [0.3, 0.4) is 0 Å². The highest BCUT2D eigenvalue weighted by molar-refractivity contribution is 6.09. The van der Waals surface area contributed by atoms with E-state index in [9.17, 15) is 24.9 Å². The van der Waals surface area contributed by atoms with Crippen molar-refractivity contribution in [2.75, 3.05) is 65.8 Å². The van der Waals surface area contributed by atoms with E-state index in [0.717, 1.165) is 53.3 Å². The number of aliphatic hydroxyl groups is 4. The van der Waals surface area contributed by atoms with E-state index in [4.69, 9.17) is 19.3 Å². The molecule has 2 aromatic heterocycles. The Morgan fingerprint density at radius 1 is 0.786 bits per heavy atom. The van der Waals surface area contributed by atoms with Gasteiger partial charge < -0.3 is 60.6 Å². The number of carbonyl (C=O) groups excluding carboxylic acids is 2. The van der Waals surface area contributed by atoms with E-state index in [1.165, 1.54) is 0 Å². The summed E-state index contributed by atoms with van der Waals surface area (Å²) >= 11 is 0. The molecular formula is C41H56N6O9. The third-order valence-electron chi connectivity index (χ3n) is 8.64. The Balaban J connectivity index is 0.939. The first kappa shape index (κ1) is 43.9. The molecule has 304 valence electrons. The summed E-state index contributed by atoms with van der Waals surface area (Å²) < 4.78 is 16.5. The Bertz CT molecular complexity index is 1700. The molecule has 1 aliphatic rings. The second-order valence-electron chi connectivity index (χ2n) is 13.1. The number of unbranched alkanes of at least 4 members (excludes halogenated alkanes) is 2. The van der Waals surface area contributed by atoms with Crippen molar-refractivity contribution in [2.45, 2.75) is 50.4 Å². The van der Waals surface area contributed by atoms with Crippen LogP contribution in [0.4, 0.5) is 0 Å². The Morgan fingerprint density at radius 3 is 2.34 bits per heavy atom. The van der Waals surface area contributed by atoms with Crippen molar-refractivity contribution in [3.05, 3.63) is 89.9 Å². The molecule has 1 aromatic carbocycles. The van der Waals surface area contributed by atoms with Crippen LogP contribution < -0.4 is 20.7 Å². The predicted octanol–water partition coefficient (Wildman–Crippen LogP) is 2.33. The summed E-state index contributed by atoms with van der Waals surface area (Å²) in [5, 5.41) is 46.2. The zero-order valence-corrected chi connectivity index (χ0v) is 31.7. The van der Waals surface area contributed by atoms with Crippen LogP contribution in [0.5, 0.6) is 5.75 Å². The smallest absolute Gasteiger partial charge is 0.257 e. The van der Waals surface area contributed by atoms with E-state index < -0.39 is 24.9 Å². The Morgan fingerprint density at radius 2 is 1.57 bits per heavy atom. The normalized spacial score (nSPS) is 14.9. The lowest BCUT2D eigenvalue weighted by Crippen LogP contribution is -2.41. The van der Waals surface area contributed by atoms with Crippen LogP contribution >= 0.6 is 0 Å². The third-order valence-corrected chi connectivity index (χ3v) is 8.64. The van der Waals surface area contributed by atoms with Gasteiger partial charge in [0.05, 0.1) is 61.9 Å². The van der Waals surface area contributed by atoms with Gasteiger partial charge in [0.2, 0.25) is 5.91 Å². The highest BCUT2D eigenvalue weighted by Gasteiger charge is 2.23. The topological polar surface area (TPSA) is 223 Å². The standard InChI is InChI=1S/C41H56N6O9/c48-28-38(50)41(53)37(49)17-20-42-21-23-54-25-26-55-24-22-45-39(51)6-2-1-3-18-44-40(52)29-56-34-14-8-30(9-15-34)7-10-31-11-12-32(46-31)27-33-13-16-36(47-33)35-5-4-19-43-35/h4-5,7-16,19,27,37-38,41-43,47-50,53H,1-3,6,17-18,20-26,28-29H2,(H,44,52)(H,45,51)/b10-7+,32-27-/t37-,38+,41-/m1/s1. The molecule has 15 nitrogen and oxygen atoms in total. The summed E-state index contributed by atoms with van der Waals surface area (Å²) in [6.45, 7) is 2.80. The number of hydrogen-bond donors (Lipinski definition) is 9. The minimum atomic E-state index is -1.39. The van der Waals surface area contributed by atoms with Crippen molar-refractivity contribution in [3.8, 4) is 17.1 Å². The van der Waals surface area contributed by atoms with E-state index >= 15 is 0 Å². The summed E-state index contributed by atoms with van der Waals surface area (Å²) in [5.41, 5.74) is 5.73. The van der Waals surface area contributed by atoms with E-state index in [1.807, 2.05) is 85.1 Å². The SMILES string of the molecule is O=C(CCCCCNC(=O)COc1ccc(/C=C/C2=NC(=C\c3ccc(-c4ccc[nH]4)[nH]3)/C=C2)cc1)NCCOCCOCCNCC[C@@H](O)[C@@H](O)[C@@H](O)CO. The van der Waals surface area contributed by atoms with Gasteiger partial charge in [-0.05, 0) is 92.1 Å². The summed E-state index contributed by atoms with van der Waals surface area (Å²) in [7, 11) is 0. The fourth-order valence-electron chi connectivity index (χ4n) is 5.48. The maximum atomic E-state index is 12.2. The summed E-state index contributed by atoms with van der Waals surface area (Å²) in [5.74, 6) is 0.361. The largest absolute Gasteiger partial charge is 0.484 e. The molecule has 9 N–H and O–H groups in total. The summed E-state index contributed by atoms with van der Waals surface area (Å²) in [4.78, 5) is 35.5. The molecule has 15 heteroatoms. The number of benzene rings is 1. The molecule has 2 amide bonds. The van der Waals surface area contributed by atoms with Crippen LogP contribution in [0, 0.1) is 0 Å². The van der Waals surface area contributed by atoms with E-state index in [1.54, 1.807) is 0 Å². The number of nitrogens with one attached hydrogen (secondary N) is 5. The quantitative estimate of drug-likeness (QED) is 0.0490. The number of H-pyrrole nitrogens is 2. The number of aliphatic imine (C=N–C) groups is 1. The fraction of sp³-hybridized carbons (Fsp3) is 0.439. The molecule has 0 radical (unpaired) electrons. The lowest BCUT2D eigenvalue weighted by Gasteiger charge is -2.21. The van der Waals surface area contributed by atoms with Crippen molar-refractivity contribution in [1.29, 1.82) is 0 Å². The van der Waals surface area contributed by atoms with Crippen molar-refractivity contribution in [1.82, 2.24) is 25.9 Å². The van der Waals surface area contributed by atoms with Gasteiger partial charge in [-0.3, -0.25) is 9.59 Å². The fourth-order valence-corrected chi connectivity index (χ4v) is 5.48. The maximum absolute atomic E-state index is 12.2. The minimum absolute atomic E-state index is 0.0419. The van der Waals surface area contributed by atoms with Crippen LogP contribution in [0.2, 0.25) is 0 Å². The molecule has 56 heavy (non-hydrogen) atoms. The highest BCUT2D eigenvalue weighted by Crippen LogP contribution is 2.20. The van der Waals surface area contributed by atoms with Gasteiger partial charge in [-0.2, -0.15) is 0 Å². The summed E-state index contributed by atoms with van der Waals surface area (Å²) in [6, 6.07) is 15.5. The number of carbonyl (C=O) groups is 2. The van der Waals surface area contributed by atoms with Gasteiger partial charge in [0.25, 0.3) is 5.91 Å². The molecule has 3 heterocycles. The number of hydrogen-bond acceptors (Lipinski definition) is 11. The molecule has 0 aliphatic carbocycles.